The molecule has 1 heterocycles. The largest absolute Gasteiger partial charge is 0.508 e. The number of halogens is 1. The van der Waals surface area contributed by atoms with Crippen LogP contribution in [0.2, 0.25) is 0 Å². The third-order valence-electron chi connectivity index (χ3n) is 2.99. The van der Waals surface area contributed by atoms with Crippen LogP contribution in [0.5, 0.6) is 11.5 Å². The Balaban J connectivity index is 1.90. The topological polar surface area (TPSA) is 79.4 Å². The Morgan fingerprint density at radius 1 is 1.10 bits per heavy atom. The van der Waals surface area contributed by atoms with Crippen LogP contribution in [0.3, 0.4) is 0 Å². The summed E-state index contributed by atoms with van der Waals surface area (Å²) < 4.78 is 6.12. The highest BCUT2D eigenvalue weighted by Crippen LogP contribution is 2.31. The van der Waals surface area contributed by atoms with Gasteiger partial charge in [-0.2, -0.15) is 4.98 Å². The summed E-state index contributed by atoms with van der Waals surface area (Å²) in [5.74, 6) is 0.669. The zero-order chi connectivity index (χ0) is 14.8. The summed E-state index contributed by atoms with van der Waals surface area (Å²) in [6.45, 7) is 0. The average Bonchev–Trinajstić information content (AvgIpc) is 2.92. The van der Waals surface area contributed by atoms with Gasteiger partial charge in [-0.15, -0.1) is 0 Å². The van der Waals surface area contributed by atoms with E-state index in [2.05, 4.69) is 26.1 Å². The van der Waals surface area contributed by atoms with Crippen molar-refractivity contribution in [1.29, 1.82) is 0 Å². The normalized spacial score (nSPS) is 10.7. The molecule has 0 aliphatic carbocycles. The summed E-state index contributed by atoms with van der Waals surface area (Å²) in [6.07, 6.45) is 0.504. The molecule has 6 heteroatoms. The quantitative estimate of drug-likeness (QED) is 0.709. The van der Waals surface area contributed by atoms with E-state index in [-0.39, 0.29) is 17.4 Å². The molecule has 0 radical (unpaired) electrons. The molecule has 0 bridgehead atoms. The fraction of sp³-hybridized carbons (Fsp3) is 0.0667. The zero-order valence-electron chi connectivity index (χ0n) is 10.8. The molecule has 0 saturated heterocycles. The number of nitrogens with zero attached hydrogens (tertiary/aromatic N) is 2. The van der Waals surface area contributed by atoms with Crippen molar-refractivity contribution < 1.29 is 14.7 Å². The molecule has 0 fully saturated rings. The highest BCUT2D eigenvalue weighted by Gasteiger charge is 2.14. The molecule has 21 heavy (non-hydrogen) atoms. The first-order valence-electron chi connectivity index (χ1n) is 6.22. The molecule has 3 rings (SSSR count). The van der Waals surface area contributed by atoms with Crippen LogP contribution in [0, 0.1) is 0 Å². The van der Waals surface area contributed by atoms with Gasteiger partial charge in [0.15, 0.2) is 5.82 Å². The first-order chi connectivity index (χ1) is 10.1. The highest BCUT2D eigenvalue weighted by atomic mass is 79.9. The summed E-state index contributed by atoms with van der Waals surface area (Å²) in [5.41, 5.74) is 1.34. The van der Waals surface area contributed by atoms with E-state index in [9.17, 15) is 10.2 Å². The van der Waals surface area contributed by atoms with Gasteiger partial charge in [0.05, 0.1) is 5.56 Å². The standard InChI is InChI=1S/C15H11BrN2O3/c16-12-4-2-1-3-9(12)7-14-17-15(21-18-14)11-8-10(19)5-6-13(11)20/h1-6,8,19-20H,7H2. The lowest BCUT2D eigenvalue weighted by Crippen LogP contribution is -1.91. The molecule has 0 aliphatic rings. The summed E-state index contributed by atoms with van der Waals surface area (Å²) in [6, 6.07) is 11.9. The van der Waals surface area contributed by atoms with Crippen LogP contribution in [0.15, 0.2) is 51.5 Å². The average molecular weight is 347 g/mol. The molecule has 0 atom stereocenters. The lowest BCUT2D eigenvalue weighted by atomic mass is 10.1. The van der Waals surface area contributed by atoms with Crippen molar-refractivity contribution in [2.45, 2.75) is 6.42 Å². The van der Waals surface area contributed by atoms with Gasteiger partial charge in [-0.25, -0.2) is 0 Å². The smallest absolute Gasteiger partial charge is 0.261 e. The molecular formula is C15H11BrN2O3. The summed E-state index contributed by atoms with van der Waals surface area (Å²) in [5, 5.41) is 23.2. The molecular weight excluding hydrogens is 336 g/mol. The van der Waals surface area contributed by atoms with E-state index < -0.39 is 0 Å². The molecule has 1 aromatic heterocycles. The van der Waals surface area contributed by atoms with Gasteiger partial charge in [0.25, 0.3) is 5.89 Å². The van der Waals surface area contributed by atoms with Crippen molar-refractivity contribution in [3.63, 3.8) is 0 Å². The minimum Gasteiger partial charge on any atom is -0.508 e. The monoisotopic (exact) mass is 346 g/mol. The van der Waals surface area contributed by atoms with Gasteiger partial charge in [-0.3, -0.25) is 0 Å². The minimum absolute atomic E-state index is 0.0216. The Morgan fingerprint density at radius 2 is 1.90 bits per heavy atom. The third kappa shape index (κ3) is 2.90. The predicted molar refractivity (Wildman–Crippen MR) is 80.0 cm³/mol. The molecule has 0 saturated carbocycles. The summed E-state index contributed by atoms with van der Waals surface area (Å²) in [4.78, 5) is 4.25. The van der Waals surface area contributed by atoms with E-state index in [0.717, 1.165) is 10.0 Å². The Morgan fingerprint density at radius 3 is 2.71 bits per heavy atom. The molecule has 3 aromatic rings. The molecule has 0 aliphatic heterocycles. The van der Waals surface area contributed by atoms with E-state index in [1.54, 1.807) is 0 Å². The number of rotatable bonds is 3. The van der Waals surface area contributed by atoms with Crippen LogP contribution in [-0.2, 0) is 6.42 Å². The van der Waals surface area contributed by atoms with Crippen LogP contribution >= 0.6 is 15.9 Å². The van der Waals surface area contributed by atoms with E-state index in [0.29, 0.717) is 17.8 Å². The number of aromatic nitrogens is 2. The number of phenols is 2. The molecule has 0 amide bonds. The van der Waals surface area contributed by atoms with E-state index in [4.69, 9.17) is 4.52 Å². The maximum Gasteiger partial charge on any atom is 0.261 e. The van der Waals surface area contributed by atoms with Gasteiger partial charge in [0.2, 0.25) is 0 Å². The second-order valence-electron chi connectivity index (χ2n) is 4.49. The fourth-order valence-electron chi connectivity index (χ4n) is 1.94. The molecule has 5 nitrogen and oxygen atoms in total. The molecule has 0 spiro atoms. The molecule has 106 valence electrons. The molecule has 0 unspecified atom stereocenters. The van der Waals surface area contributed by atoms with Crippen LogP contribution in [-0.4, -0.2) is 20.4 Å². The van der Waals surface area contributed by atoms with Gasteiger partial charge < -0.3 is 14.7 Å². The number of benzene rings is 2. The predicted octanol–water partition coefficient (Wildman–Crippen LogP) is 3.50. The fourth-order valence-corrected chi connectivity index (χ4v) is 2.37. The van der Waals surface area contributed by atoms with Gasteiger partial charge in [0.1, 0.15) is 11.5 Å². The Bertz CT molecular complexity index is 786. The highest BCUT2D eigenvalue weighted by molar-refractivity contribution is 9.10. The zero-order valence-corrected chi connectivity index (χ0v) is 12.4. The van der Waals surface area contributed by atoms with E-state index in [1.165, 1.54) is 18.2 Å². The first kappa shape index (κ1) is 13.6. The van der Waals surface area contributed by atoms with Crippen LogP contribution in [0.4, 0.5) is 0 Å². The van der Waals surface area contributed by atoms with Crippen molar-refractivity contribution in [2.75, 3.05) is 0 Å². The lowest BCUT2D eigenvalue weighted by Gasteiger charge is -2.00. The minimum atomic E-state index is -0.0242. The lowest BCUT2D eigenvalue weighted by molar-refractivity contribution is 0.417. The first-order valence-corrected chi connectivity index (χ1v) is 7.01. The van der Waals surface area contributed by atoms with Crippen LogP contribution in [0.25, 0.3) is 11.5 Å². The molecule has 2 aromatic carbocycles. The van der Waals surface area contributed by atoms with Crippen molar-refractivity contribution >= 4 is 15.9 Å². The van der Waals surface area contributed by atoms with Crippen molar-refractivity contribution in [1.82, 2.24) is 10.1 Å². The number of aromatic hydroxyl groups is 2. The SMILES string of the molecule is Oc1ccc(O)c(-c2nc(Cc3ccccc3Br)no2)c1. The Labute approximate surface area is 129 Å². The maximum absolute atomic E-state index is 9.79. The van der Waals surface area contributed by atoms with Crippen molar-refractivity contribution in [3.05, 3.63) is 58.3 Å². The third-order valence-corrected chi connectivity index (χ3v) is 3.76. The van der Waals surface area contributed by atoms with Gasteiger partial charge in [0, 0.05) is 10.9 Å². The van der Waals surface area contributed by atoms with E-state index in [1.807, 2.05) is 24.3 Å². The summed E-state index contributed by atoms with van der Waals surface area (Å²) >= 11 is 3.47. The number of hydrogen-bond acceptors (Lipinski definition) is 5. The Kier molecular flexibility index (Phi) is 3.62. The Hall–Kier alpha value is -2.34. The number of hydrogen-bond donors (Lipinski definition) is 2. The number of phenolic OH excluding ortho intramolecular Hbond substituents is 2. The van der Waals surface area contributed by atoms with E-state index >= 15 is 0 Å². The van der Waals surface area contributed by atoms with Crippen LogP contribution in [0.1, 0.15) is 11.4 Å². The van der Waals surface area contributed by atoms with Gasteiger partial charge in [-0.1, -0.05) is 39.3 Å². The maximum atomic E-state index is 9.79. The van der Waals surface area contributed by atoms with Crippen LogP contribution < -0.4 is 0 Å². The summed E-state index contributed by atoms with van der Waals surface area (Å²) in [7, 11) is 0. The second kappa shape index (κ2) is 5.57. The van der Waals surface area contributed by atoms with Gasteiger partial charge >= 0.3 is 0 Å². The van der Waals surface area contributed by atoms with Crippen molar-refractivity contribution in [3.8, 4) is 23.0 Å². The van der Waals surface area contributed by atoms with Gasteiger partial charge in [-0.05, 0) is 29.8 Å². The molecule has 2 N–H and O–H groups in total. The second-order valence-corrected chi connectivity index (χ2v) is 5.34. The van der Waals surface area contributed by atoms with Crippen molar-refractivity contribution in [2.24, 2.45) is 0 Å².